The molecule has 11 heteroatoms. The predicted molar refractivity (Wildman–Crippen MR) is 53.9 cm³/mol. The number of hydrogen-bond acceptors (Lipinski definition) is 4. The summed E-state index contributed by atoms with van der Waals surface area (Å²) in [6, 6.07) is 0. The van der Waals surface area contributed by atoms with Crippen LogP contribution in [-0.2, 0) is 10.0 Å². The number of alkyl halides is 3. The van der Waals surface area contributed by atoms with Crippen molar-refractivity contribution < 1.29 is 31.5 Å². The van der Waals surface area contributed by atoms with Crippen molar-refractivity contribution in [2.45, 2.75) is 29.6 Å². The van der Waals surface area contributed by atoms with E-state index in [0.29, 0.717) is 6.20 Å². The summed E-state index contributed by atoms with van der Waals surface area (Å²) in [5.41, 5.74) is -3.22. The van der Waals surface area contributed by atoms with E-state index in [1.165, 1.54) is 4.72 Å². The van der Waals surface area contributed by atoms with E-state index in [-0.39, 0.29) is 12.8 Å². The Labute approximate surface area is 104 Å². The smallest absolute Gasteiger partial charge is 0.407 e. The average Bonchev–Trinajstić information content (AvgIpc) is 2.85. The van der Waals surface area contributed by atoms with Gasteiger partial charge in [0.25, 0.3) is 10.0 Å². The minimum atomic E-state index is -4.73. The van der Waals surface area contributed by atoms with Crippen molar-refractivity contribution in [3.05, 3.63) is 11.8 Å². The first kappa shape index (κ1) is 13.8. The molecule has 0 unspecified atom stereocenters. The van der Waals surface area contributed by atoms with Crippen LogP contribution in [0.3, 0.4) is 0 Å². The summed E-state index contributed by atoms with van der Waals surface area (Å²) in [5, 5.41) is 12.9. The molecule has 1 saturated carbocycles. The normalized spacial score (nSPS) is 18.3. The van der Waals surface area contributed by atoms with Crippen LogP contribution in [0.2, 0.25) is 0 Å². The highest BCUT2D eigenvalue weighted by atomic mass is 32.2. The van der Waals surface area contributed by atoms with Crippen molar-refractivity contribution in [2.75, 3.05) is 0 Å². The Balaban J connectivity index is 2.35. The molecule has 0 aromatic carbocycles. The number of halogens is 3. The van der Waals surface area contributed by atoms with Gasteiger partial charge in [-0.05, 0) is 12.8 Å². The second-order valence-corrected chi connectivity index (χ2v) is 5.72. The van der Waals surface area contributed by atoms with E-state index in [2.05, 4.69) is 5.10 Å². The number of rotatable bonds is 4. The van der Waals surface area contributed by atoms with Crippen LogP contribution in [-0.4, -0.2) is 41.4 Å². The number of nitrogens with one attached hydrogen (secondary N) is 2. The zero-order valence-corrected chi connectivity index (χ0v) is 9.97. The number of aromatic carboxylic acids is 1. The molecular weight excluding hydrogens is 291 g/mol. The molecule has 106 valence electrons. The molecule has 1 aliphatic rings. The van der Waals surface area contributed by atoms with Crippen LogP contribution in [0, 0.1) is 0 Å². The molecule has 1 heterocycles. The van der Waals surface area contributed by atoms with Crippen molar-refractivity contribution in [3.8, 4) is 0 Å². The summed E-state index contributed by atoms with van der Waals surface area (Å²) in [5.74, 6) is -1.61. The van der Waals surface area contributed by atoms with Crippen LogP contribution in [0.4, 0.5) is 13.2 Å². The molecule has 1 aliphatic carbocycles. The Kier molecular flexibility index (Phi) is 2.86. The number of nitrogens with zero attached hydrogens (tertiary/aromatic N) is 1. The number of aromatic amines is 1. The highest BCUT2D eigenvalue weighted by Crippen LogP contribution is 2.49. The van der Waals surface area contributed by atoms with Gasteiger partial charge < -0.3 is 5.11 Å². The van der Waals surface area contributed by atoms with Gasteiger partial charge in [-0.3, -0.25) is 5.10 Å². The van der Waals surface area contributed by atoms with Crippen molar-refractivity contribution in [1.82, 2.24) is 14.9 Å². The van der Waals surface area contributed by atoms with Crippen LogP contribution < -0.4 is 4.72 Å². The summed E-state index contributed by atoms with van der Waals surface area (Å²) in [7, 11) is -4.64. The van der Waals surface area contributed by atoms with Gasteiger partial charge in [0.2, 0.25) is 0 Å². The van der Waals surface area contributed by atoms with Crippen LogP contribution >= 0.6 is 0 Å². The van der Waals surface area contributed by atoms with Gasteiger partial charge in [-0.1, -0.05) is 0 Å². The van der Waals surface area contributed by atoms with E-state index in [1.54, 1.807) is 0 Å². The maximum absolute atomic E-state index is 12.7. The first-order valence-electron chi connectivity index (χ1n) is 4.96. The van der Waals surface area contributed by atoms with Gasteiger partial charge in [-0.25, -0.2) is 13.2 Å². The van der Waals surface area contributed by atoms with Gasteiger partial charge in [0, 0.05) is 0 Å². The molecule has 0 bridgehead atoms. The van der Waals surface area contributed by atoms with E-state index in [1.807, 2.05) is 5.10 Å². The number of sulfonamides is 1. The van der Waals surface area contributed by atoms with E-state index < -0.39 is 38.3 Å². The highest BCUT2D eigenvalue weighted by molar-refractivity contribution is 7.89. The molecule has 0 atom stereocenters. The number of carbonyl (C=O) groups is 1. The quantitative estimate of drug-likeness (QED) is 0.748. The van der Waals surface area contributed by atoms with Gasteiger partial charge in [-0.15, -0.1) is 0 Å². The summed E-state index contributed by atoms with van der Waals surface area (Å²) < 4.78 is 63.0. The fraction of sp³-hybridized carbons (Fsp3) is 0.500. The van der Waals surface area contributed by atoms with Gasteiger partial charge >= 0.3 is 12.1 Å². The predicted octanol–water partition coefficient (Wildman–Crippen LogP) is 0.481. The molecule has 1 aromatic heterocycles. The molecule has 0 radical (unpaired) electrons. The van der Waals surface area contributed by atoms with Crippen molar-refractivity contribution >= 4 is 16.0 Å². The minimum Gasteiger partial charge on any atom is -0.478 e. The van der Waals surface area contributed by atoms with Crippen molar-refractivity contribution in [1.29, 1.82) is 0 Å². The Bertz CT molecular complexity index is 617. The topological polar surface area (TPSA) is 112 Å². The second-order valence-electron chi connectivity index (χ2n) is 4.10. The summed E-state index contributed by atoms with van der Waals surface area (Å²) in [4.78, 5) is 10.7. The molecule has 0 spiro atoms. The number of H-pyrrole nitrogens is 1. The number of carboxylic acids is 1. The molecule has 1 aromatic rings. The fourth-order valence-corrected chi connectivity index (χ4v) is 3.05. The number of hydrogen-bond donors (Lipinski definition) is 3. The Morgan fingerprint density at radius 2 is 2.05 bits per heavy atom. The lowest BCUT2D eigenvalue weighted by atomic mass is 10.3. The molecule has 0 saturated heterocycles. The van der Waals surface area contributed by atoms with Gasteiger partial charge in [0.15, 0.2) is 5.03 Å². The first-order chi connectivity index (χ1) is 8.59. The zero-order chi connectivity index (χ0) is 14.5. The molecule has 19 heavy (non-hydrogen) atoms. The minimum absolute atomic E-state index is 0.383. The summed E-state index contributed by atoms with van der Waals surface area (Å²) in [6.45, 7) is 0. The Hall–Kier alpha value is -1.62. The summed E-state index contributed by atoms with van der Waals surface area (Å²) in [6.07, 6.45) is -4.79. The van der Waals surface area contributed by atoms with Gasteiger partial charge in [0.05, 0.1) is 6.20 Å². The lowest BCUT2D eigenvalue weighted by Gasteiger charge is -2.20. The zero-order valence-electron chi connectivity index (χ0n) is 9.15. The van der Waals surface area contributed by atoms with Crippen molar-refractivity contribution in [3.63, 3.8) is 0 Å². The van der Waals surface area contributed by atoms with Crippen LogP contribution in [0.1, 0.15) is 23.2 Å². The van der Waals surface area contributed by atoms with Crippen LogP contribution in [0.15, 0.2) is 11.2 Å². The first-order valence-corrected chi connectivity index (χ1v) is 6.45. The third kappa shape index (κ3) is 2.30. The fourth-order valence-electron chi connectivity index (χ4n) is 1.51. The van der Waals surface area contributed by atoms with E-state index in [9.17, 15) is 26.4 Å². The largest absolute Gasteiger partial charge is 0.478 e. The molecule has 0 amide bonds. The van der Waals surface area contributed by atoms with Gasteiger partial charge in [-0.2, -0.15) is 23.0 Å². The standard InChI is InChI=1S/C8H8F3N3O4S/c9-8(10,11)7(1-2-7)14-19(17,18)5-4(6(15)16)3-12-13-5/h3,14H,1-2H2,(H,12,13)(H,15,16). The lowest BCUT2D eigenvalue weighted by Crippen LogP contribution is -2.48. The number of carboxylic acid groups (broad SMARTS) is 1. The molecular formula is C8H8F3N3O4S. The lowest BCUT2D eigenvalue weighted by molar-refractivity contribution is -0.160. The Morgan fingerprint density at radius 3 is 2.47 bits per heavy atom. The molecule has 7 nitrogen and oxygen atoms in total. The molecule has 3 N–H and O–H groups in total. The Morgan fingerprint density at radius 1 is 1.47 bits per heavy atom. The van der Waals surface area contributed by atoms with E-state index in [4.69, 9.17) is 5.11 Å². The van der Waals surface area contributed by atoms with E-state index >= 15 is 0 Å². The van der Waals surface area contributed by atoms with Gasteiger partial charge in [0.1, 0.15) is 11.1 Å². The third-order valence-corrected chi connectivity index (χ3v) is 4.23. The maximum atomic E-state index is 12.7. The maximum Gasteiger partial charge on any atom is 0.407 e. The van der Waals surface area contributed by atoms with Crippen LogP contribution in [0.5, 0.6) is 0 Å². The monoisotopic (exact) mass is 299 g/mol. The third-order valence-electron chi connectivity index (χ3n) is 2.73. The van der Waals surface area contributed by atoms with Crippen molar-refractivity contribution in [2.24, 2.45) is 0 Å². The van der Waals surface area contributed by atoms with E-state index in [0.717, 1.165) is 0 Å². The average molecular weight is 299 g/mol. The van der Waals surface area contributed by atoms with Crippen LogP contribution in [0.25, 0.3) is 0 Å². The SMILES string of the molecule is O=C(O)c1cn[nH]c1S(=O)(=O)NC1(C(F)(F)F)CC1. The number of aromatic nitrogens is 2. The summed E-state index contributed by atoms with van der Waals surface area (Å²) >= 11 is 0. The second kappa shape index (κ2) is 3.93. The molecule has 0 aliphatic heterocycles. The highest BCUT2D eigenvalue weighted by Gasteiger charge is 2.65. The molecule has 1 fully saturated rings. The molecule has 2 rings (SSSR count).